The number of fused-ring (bicyclic) bond motifs is 3. The van der Waals surface area contributed by atoms with Gasteiger partial charge in [-0.25, -0.2) is 26.6 Å². The Bertz CT molecular complexity index is 1190. The Balaban J connectivity index is 1.78. The second kappa shape index (κ2) is 6.59. The molecule has 0 radical (unpaired) electrons. The van der Waals surface area contributed by atoms with Gasteiger partial charge in [-0.2, -0.15) is 0 Å². The van der Waals surface area contributed by atoms with Crippen molar-refractivity contribution in [3.8, 4) is 0 Å². The molecule has 1 aliphatic rings. The highest BCUT2D eigenvalue weighted by Gasteiger charge is 2.32. The number of nitrogens with zero attached hydrogens (tertiary/aromatic N) is 2. The van der Waals surface area contributed by atoms with Crippen molar-refractivity contribution < 1.29 is 21.6 Å². The van der Waals surface area contributed by atoms with Crippen LogP contribution in [-0.2, 0) is 22.8 Å². The predicted octanol–water partition coefficient (Wildman–Crippen LogP) is 2.91. The molecular formula is C19H18F3N3O2S. The van der Waals surface area contributed by atoms with Crippen molar-refractivity contribution in [3.05, 3.63) is 59.2 Å². The van der Waals surface area contributed by atoms with Crippen LogP contribution in [0.2, 0.25) is 0 Å². The van der Waals surface area contributed by atoms with E-state index >= 15 is 0 Å². The van der Waals surface area contributed by atoms with E-state index in [2.05, 4.69) is 4.98 Å². The lowest BCUT2D eigenvalue weighted by atomic mass is 9.86. The minimum absolute atomic E-state index is 0.0129. The monoisotopic (exact) mass is 409 g/mol. The lowest BCUT2D eigenvalue weighted by molar-refractivity contribution is 0.392. The number of hydrogen-bond acceptors (Lipinski definition) is 4. The van der Waals surface area contributed by atoms with Crippen molar-refractivity contribution in [1.29, 1.82) is 0 Å². The fourth-order valence-corrected chi connectivity index (χ4v) is 4.63. The van der Waals surface area contributed by atoms with E-state index in [4.69, 9.17) is 5.73 Å². The minimum Gasteiger partial charge on any atom is -0.326 e. The summed E-state index contributed by atoms with van der Waals surface area (Å²) in [7, 11) is -3.37. The van der Waals surface area contributed by atoms with Crippen LogP contribution in [0.15, 0.2) is 35.2 Å². The lowest BCUT2D eigenvalue weighted by Gasteiger charge is -2.30. The standard InChI is InChI=1S/C19H18F3N3O2S/c1-2-28(26,27)10-3-4-18-17(5-10)24-19-7-12(16(23)9-25(18)19)11-6-14(21)15(22)8-13(11)20/h3-6,8,12,16H,2,7,9,23H2,1H3/t12-,16+/m1/s1. The summed E-state index contributed by atoms with van der Waals surface area (Å²) in [6.45, 7) is 1.87. The summed E-state index contributed by atoms with van der Waals surface area (Å²) in [5.74, 6) is -3.22. The topological polar surface area (TPSA) is 78.0 Å². The Morgan fingerprint density at radius 1 is 1.14 bits per heavy atom. The van der Waals surface area contributed by atoms with Crippen molar-refractivity contribution >= 4 is 20.9 Å². The van der Waals surface area contributed by atoms with Crippen molar-refractivity contribution in [3.63, 3.8) is 0 Å². The van der Waals surface area contributed by atoms with E-state index in [0.29, 0.717) is 24.0 Å². The summed E-state index contributed by atoms with van der Waals surface area (Å²) in [6.07, 6.45) is 0.230. The Hall–Kier alpha value is -2.39. The molecule has 148 valence electrons. The summed E-state index contributed by atoms with van der Waals surface area (Å²) >= 11 is 0. The molecular weight excluding hydrogens is 391 g/mol. The van der Waals surface area contributed by atoms with Crippen molar-refractivity contribution in [2.24, 2.45) is 5.73 Å². The van der Waals surface area contributed by atoms with E-state index < -0.39 is 39.2 Å². The van der Waals surface area contributed by atoms with Crippen molar-refractivity contribution in [2.75, 3.05) is 5.75 Å². The first-order valence-electron chi connectivity index (χ1n) is 8.83. The second-order valence-electron chi connectivity index (χ2n) is 6.95. The van der Waals surface area contributed by atoms with Gasteiger partial charge in [-0.05, 0) is 29.8 Å². The zero-order valence-electron chi connectivity index (χ0n) is 15.0. The van der Waals surface area contributed by atoms with Crippen LogP contribution in [0.25, 0.3) is 11.0 Å². The highest BCUT2D eigenvalue weighted by Crippen LogP contribution is 2.34. The van der Waals surface area contributed by atoms with Gasteiger partial charge in [0.15, 0.2) is 21.5 Å². The first-order valence-corrected chi connectivity index (χ1v) is 10.5. The highest BCUT2D eigenvalue weighted by molar-refractivity contribution is 7.91. The molecule has 2 aromatic carbocycles. The first kappa shape index (κ1) is 18.9. The zero-order chi connectivity index (χ0) is 20.2. The van der Waals surface area contributed by atoms with Gasteiger partial charge in [0.25, 0.3) is 0 Å². The Kier molecular flexibility index (Phi) is 4.46. The van der Waals surface area contributed by atoms with Gasteiger partial charge in [-0.15, -0.1) is 0 Å². The molecule has 2 atom stereocenters. The summed E-state index contributed by atoms with van der Waals surface area (Å²) < 4.78 is 67.2. The quantitative estimate of drug-likeness (QED) is 0.675. The van der Waals surface area contributed by atoms with Crippen LogP contribution in [0.3, 0.4) is 0 Å². The van der Waals surface area contributed by atoms with Crippen LogP contribution in [0, 0.1) is 17.5 Å². The van der Waals surface area contributed by atoms with Crippen LogP contribution >= 0.6 is 0 Å². The molecule has 1 aromatic heterocycles. The number of benzene rings is 2. The molecule has 0 saturated carbocycles. The molecule has 0 saturated heterocycles. The fraction of sp³-hybridized carbons (Fsp3) is 0.316. The van der Waals surface area contributed by atoms with Gasteiger partial charge in [0.2, 0.25) is 0 Å². The van der Waals surface area contributed by atoms with E-state index in [-0.39, 0.29) is 22.6 Å². The number of imidazole rings is 1. The molecule has 2 heterocycles. The van der Waals surface area contributed by atoms with Gasteiger partial charge < -0.3 is 10.3 Å². The smallest absolute Gasteiger partial charge is 0.178 e. The van der Waals surface area contributed by atoms with E-state index in [1.54, 1.807) is 13.0 Å². The zero-order valence-corrected chi connectivity index (χ0v) is 15.8. The van der Waals surface area contributed by atoms with Crippen LogP contribution in [0.4, 0.5) is 13.2 Å². The number of aromatic nitrogens is 2. The molecule has 28 heavy (non-hydrogen) atoms. The van der Waals surface area contributed by atoms with Gasteiger partial charge in [0, 0.05) is 31.0 Å². The molecule has 0 amide bonds. The molecule has 9 heteroatoms. The molecule has 0 bridgehead atoms. The Morgan fingerprint density at radius 3 is 2.57 bits per heavy atom. The SMILES string of the molecule is CCS(=O)(=O)c1ccc2c(c1)nc1n2C[C@H](N)[C@@H](c2cc(F)c(F)cc2F)C1. The molecule has 0 aliphatic carbocycles. The number of hydrogen-bond donors (Lipinski definition) is 1. The average Bonchev–Trinajstić information content (AvgIpc) is 3.01. The summed E-state index contributed by atoms with van der Waals surface area (Å²) in [5, 5.41) is 0. The first-order chi connectivity index (χ1) is 13.2. The number of sulfone groups is 1. The van der Waals surface area contributed by atoms with Crippen LogP contribution in [0.1, 0.15) is 24.2 Å². The molecule has 0 unspecified atom stereocenters. The predicted molar refractivity (Wildman–Crippen MR) is 98.2 cm³/mol. The van der Waals surface area contributed by atoms with Crippen LogP contribution in [-0.4, -0.2) is 29.8 Å². The molecule has 2 N–H and O–H groups in total. The number of rotatable bonds is 3. The number of nitrogens with two attached hydrogens (primary N) is 1. The van der Waals surface area contributed by atoms with E-state index in [9.17, 15) is 21.6 Å². The third kappa shape index (κ3) is 2.98. The second-order valence-corrected chi connectivity index (χ2v) is 9.23. The number of halogens is 3. The summed E-state index contributed by atoms with van der Waals surface area (Å²) in [5.41, 5.74) is 7.47. The van der Waals surface area contributed by atoms with Gasteiger partial charge in [-0.3, -0.25) is 0 Å². The van der Waals surface area contributed by atoms with Crippen LogP contribution < -0.4 is 5.73 Å². The third-order valence-corrected chi connectivity index (χ3v) is 7.02. The van der Waals surface area contributed by atoms with Crippen molar-refractivity contribution in [2.45, 2.75) is 36.7 Å². The van der Waals surface area contributed by atoms with E-state index in [1.807, 2.05) is 4.57 Å². The third-order valence-electron chi connectivity index (χ3n) is 5.29. The van der Waals surface area contributed by atoms with Crippen LogP contribution in [0.5, 0.6) is 0 Å². The van der Waals surface area contributed by atoms with Gasteiger partial charge in [-0.1, -0.05) is 6.92 Å². The van der Waals surface area contributed by atoms with Gasteiger partial charge in [0.1, 0.15) is 11.6 Å². The molecule has 5 nitrogen and oxygen atoms in total. The maximum Gasteiger partial charge on any atom is 0.178 e. The fourth-order valence-electron chi connectivity index (χ4n) is 3.73. The van der Waals surface area contributed by atoms with Gasteiger partial charge in [0.05, 0.1) is 21.7 Å². The molecule has 3 aromatic rings. The molecule has 4 rings (SSSR count). The normalized spacial score (nSPS) is 19.8. The van der Waals surface area contributed by atoms with E-state index in [1.165, 1.54) is 12.1 Å². The van der Waals surface area contributed by atoms with Gasteiger partial charge >= 0.3 is 0 Å². The average molecular weight is 409 g/mol. The molecule has 1 aliphatic heterocycles. The Morgan fingerprint density at radius 2 is 1.86 bits per heavy atom. The maximum absolute atomic E-state index is 14.2. The lowest BCUT2D eigenvalue weighted by Crippen LogP contribution is -2.39. The summed E-state index contributed by atoms with van der Waals surface area (Å²) in [4.78, 5) is 4.68. The molecule has 0 fully saturated rings. The van der Waals surface area contributed by atoms with Crippen molar-refractivity contribution in [1.82, 2.24) is 9.55 Å². The summed E-state index contributed by atoms with van der Waals surface area (Å²) in [6, 6.07) is 5.56. The maximum atomic E-state index is 14.2. The molecule has 0 spiro atoms. The highest BCUT2D eigenvalue weighted by atomic mass is 32.2. The largest absolute Gasteiger partial charge is 0.326 e. The minimum atomic E-state index is -3.37. The Labute approximate surface area is 159 Å². The van der Waals surface area contributed by atoms with E-state index in [0.717, 1.165) is 11.6 Å².